The summed E-state index contributed by atoms with van der Waals surface area (Å²) in [5.74, 6) is 1.60. The second-order valence-electron chi connectivity index (χ2n) is 2.81. The van der Waals surface area contributed by atoms with Gasteiger partial charge in [-0.3, -0.25) is 4.40 Å². The van der Waals surface area contributed by atoms with Gasteiger partial charge in [0.05, 0.1) is 0 Å². The van der Waals surface area contributed by atoms with E-state index in [0.29, 0.717) is 5.82 Å². The van der Waals surface area contributed by atoms with Crippen LogP contribution in [0, 0.1) is 0 Å². The number of aromatic nitrogens is 2. The van der Waals surface area contributed by atoms with Gasteiger partial charge in [-0.2, -0.15) is 0 Å². The number of pyridine rings is 1. The third-order valence-corrected chi connectivity index (χ3v) is 3.28. The number of nitrogens with two attached hydrogens (primary N) is 1. The Hall–Kier alpha value is -0.680. The molecule has 5 heteroatoms. The fourth-order valence-electron chi connectivity index (χ4n) is 1.30. The second-order valence-corrected chi connectivity index (χ2v) is 4.98. The predicted octanol–water partition coefficient (Wildman–Crippen LogP) is 2.79. The maximum absolute atomic E-state index is 5.82. The molecule has 0 radical (unpaired) electrons. The summed E-state index contributed by atoms with van der Waals surface area (Å²) in [6, 6.07) is 3.91. The summed E-state index contributed by atoms with van der Waals surface area (Å²) >= 11 is 5.13. The number of halogens is 1. The van der Waals surface area contributed by atoms with E-state index in [1.807, 2.05) is 22.7 Å². The number of hydrogen-bond acceptors (Lipinski definition) is 3. The number of imidazole rings is 1. The van der Waals surface area contributed by atoms with Crippen molar-refractivity contribution in [3.8, 4) is 0 Å². The van der Waals surface area contributed by atoms with Crippen LogP contribution in [0.2, 0.25) is 0 Å². The van der Waals surface area contributed by atoms with Crippen molar-refractivity contribution in [2.75, 3.05) is 11.5 Å². The van der Waals surface area contributed by atoms with Gasteiger partial charge < -0.3 is 5.73 Å². The Morgan fingerprint density at radius 3 is 3.07 bits per heavy atom. The average Bonchev–Trinajstić information content (AvgIpc) is 2.45. The SMILES string of the molecule is CCSc1c(N)nc2ccc(Br)cn12. The Labute approximate surface area is 94.8 Å². The molecule has 0 bridgehead atoms. The van der Waals surface area contributed by atoms with Gasteiger partial charge in [-0.25, -0.2) is 4.98 Å². The lowest BCUT2D eigenvalue weighted by atomic mass is 10.5. The molecule has 0 aliphatic rings. The third-order valence-electron chi connectivity index (χ3n) is 1.84. The van der Waals surface area contributed by atoms with Gasteiger partial charge >= 0.3 is 0 Å². The van der Waals surface area contributed by atoms with Crippen LogP contribution in [-0.4, -0.2) is 15.1 Å². The van der Waals surface area contributed by atoms with Gasteiger partial charge in [0.25, 0.3) is 0 Å². The van der Waals surface area contributed by atoms with Crippen LogP contribution in [0.3, 0.4) is 0 Å². The summed E-state index contributed by atoms with van der Waals surface area (Å²) in [5, 5.41) is 1.02. The normalized spacial score (nSPS) is 11.0. The van der Waals surface area contributed by atoms with Gasteiger partial charge in [-0.1, -0.05) is 6.92 Å². The van der Waals surface area contributed by atoms with Crippen molar-refractivity contribution in [3.63, 3.8) is 0 Å². The van der Waals surface area contributed by atoms with Crippen LogP contribution in [0.1, 0.15) is 6.92 Å². The van der Waals surface area contributed by atoms with Gasteiger partial charge in [0, 0.05) is 10.7 Å². The molecule has 2 aromatic rings. The molecule has 0 amide bonds. The highest BCUT2D eigenvalue weighted by Gasteiger charge is 2.08. The molecule has 0 fully saturated rings. The monoisotopic (exact) mass is 271 g/mol. The zero-order valence-corrected chi connectivity index (χ0v) is 10.1. The molecule has 3 nitrogen and oxygen atoms in total. The lowest BCUT2D eigenvalue weighted by Gasteiger charge is -2.00. The number of nitrogens with zero attached hydrogens (tertiary/aromatic N) is 2. The molecule has 0 unspecified atom stereocenters. The minimum atomic E-state index is 0.606. The van der Waals surface area contributed by atoms with E-state index in [4.69, 9.17) is 5.73 Å². The smallest absolute Gasteiger partial charge is 0.156 e. The van der Waals surface area contributed by atoms with E-state index in [1.54, 1.807) is 11.8 Å². The molecule has 0 aromatic carbocycles. The Bertz CT molecular complexity index is 466. The topological polar surface area (TPSA) is 43.3 Å². The Morgan fingerprint density at radius 1 is 1.57 bits per heavy atom. The molecular weight excluding hydrogens is 262 g/mol. The highest BCUT2D eigenvalue weighted by molar-refractivity contribution is 9.10. The van der Waals surface area contributed by atoms with Crippen LogP contribution >= 0.6 is 27.7 Å². The largest absolute Gasteiger partial charge is 0.381 e. The summed E-state index contributed by atoms with van der Waals surface area (Å²) in [6.07, 6.45) is 1.98. The van der Waals surface area contributed by atoms with Crippen molar-refractivity contribution in [2.45, 2.75) is 11.9 Å². The zero-order valence-electron chi connectivity index (χ0n) is 7.70. The summed E-state index contributed by atoms with van der Waals surface area (Å²) in [5.41, 5.74) is 6.71. The highest BCUT2D eigenvalue weighted by Crippen LogP contribution is 2.26. The van der Waals surface area contributed by atoms with E-state index < -0.39 is 0 Å². The molecule has 0 saturated heterocycles. The number of thioether (sulfide) groups is 1. The highest BCUT2D eigenvalue weighted by atomic mass is 79.9. The van der Waals surface area contributed by atoms with Crippen LogP contribution < -0.4 is 5.73 Å². The first kappa shape index (κ1) is 9.86. The second kappa shape index (κ2) is 3.82. The van der Waals surface area contributed by atoms with Gasteiger partial charge in [-0.15, -0.1) is 11.8 Å². The average molecular weight is 272 g/mol. The van der Waals surface area contributed by atoms with Crippen molar-refractivity contribution in [2.24, 2.45) is 0 Å². The minimum Gasteiger partial charge on any atom is -0.381 e. The molecular formula is C9H10BrN3S. The summed E-state index contributed by atoms with van der Waals surface area (Å²) in [4.78, 5) is 4.27. The predicted molar refractivity (Wildman–Crippen MR) is 63.7 cm³/mol. The van der Waals surface area contributed by atoms with E-state index in [2.05, 4.69) is 27.8 Å². The molecule has 0 saturated carbocycles. The molecule has 0 spiro atoms. The Kier molecular flexibility index (Phi) is 2.69. The Morgan fingerprint density at radius 2 is 2.36 bits per heavy atom. The lowest BCUT2D eigenvalue weighted by molar-refractivity contribution is 1.05. The standard InChI is InChI=1S/C9H10BrN3S/c1-2-14-9-8(11)12-7-4-3-6(10)5-13(7)9/h3-5H,2,11H2,1H3. The first-order valence-electron chi connectivity index (χ1n) is 4.28. The maximum Gasteiger partial charge on any atom is 0.156 e. The first-order chi connectivity index (χ1) is 6.72. The molecule has 2 aromatic heterocycles. The summed E-state index contributed by atoms with van der Waals surface area (Å²) < 4.78 is 3.04. The molecule has 2 N–H and O–H groups in total. The van der Waals surface area contributed by atoms with E-state index >= 15 is 0 Å². The molecule has 2 heterocycles. The van der Waals surface area contributed by atoms with Crippen LogP contribution in [0.5, 0.6) is 0 Å². The number of rotatable bonds is 2. The molecule has 2 rings (SSSR count). The van der Waals surface area contributed by atoms with Crippen LogP contribution in [0.15, 0.2) is 27.8 Å². The number of hydrogen-bond donors (Lipinski definition) is 1. The Balaban J connectivity index is 2.66. The van der Waals surface area contributed by atoms with Crippen molar-refractivity contribution in [1.82, 2.24) is 9.38 Å². The van der Waals surface area contributed by atoms with Gasteiger partial charge in [0.1, 0.15) is 10.7 Å². The fraction of sp³-hybridized carbons (Fsp3) is 0.222. The van der Waals surface area contributed by atoms with Crippen LogP contribution in [0.25, 0.3) is 5.65 Å². The van der Waals surface area contributed by atoms with Crippen molar-refractivity contribution >= 4 is 39.2 Å². The van der Waals surface area contributed by atoms with Crippen LogP contribution in [-0.2, 0) is 0 Å². The van der Waals surface area contributed by atoms with E-state index in [0.717, 1.165) is 20.9 Å². The van der Waals surface area contributed by atoms with Crippen LogP contribution in [0.4, 0.5) is 5.82 Å². The summed E-state index contributed by atoms with van der Waals surface area (Å²) in [7, 11) is 0. The molecule has 14 heavy (non-hydrogen) atoms. The van der Waals surface area contributed by atoms with Gasteiger partial charge in [-0.05, 0) is 33.8 Å². The van der Waals surface area contributed by atoms with E-state index in [1.165, 1.54) is 0 Å². The third kappa shape index (κ3) is 1.62. The quantitative estimate of drug-likeness (QED) is 0.855. The lowest BCUT2D eigenvalue weighted by Crippen LogP contribution is -1.89. The number of nitrogen functional groups attached to an aromatic ring is 1. The maximum atomic E-state index is 5.82. The molecule has 74 valence electrons. The van der Waals surface area contributed by atoms with E-state index in [9.17, 15) is 0 Å². The number of anilines is 1. The zero-order chi connectivity index (χ0) is 10.1. The summed E-state index contributed by atoms with van der Waals surface area (Å²) in [6.45, 7) is 2.10. The van der Waals surface area contributed by atoms with Gasteiger partial charge in [0.2, 0.25) is 0 Å². The molecule has 0 atom stereocenters. The van der Waals surface area contributed by atoms with Crippen molar-refractivity contribution < 1.29 is 0 Å². The van der Waals surface area contributed by atoms with Crippen molar-refractivity contribution in [3.05, 3.63) is 22.8 Å². The van der Waals surface area contributed by atoms with Gasteiger partial charge in [0.15, 0.2) is 5.82 Å². The van der Waals surface area contributed by atoms with Crippen molar-refractivity contribution in [1.29, 1.82) is 0 Å². The first-order valence-corrected chi connectivity index (χ1v) is 6.06. The molecule has 0 aliphatic heterocycles. The molecule has 0 aliphatic carbocycles. The number of fused-ring (bicyclic) bond motifs is 1. The van der Waals surface area contributed by atoms with E-state index in [-0.39, 0.29) is 0 Å². The minimum absolute atomic E-state index is 0.606. The fourth-order valence-corrected chi connectivity index (χ4v) is 2.38.